The van der Waals surface area contributed by atoms with E-state index in [-0.39, 0.29) is 11.5 Å². The molecule has 0 aromatic carbocycles. The maximum Gasteiger partial charge on any atom is 0.129 e. The van der Waals surface area contributed by atoms with Crippen LogP contribution in [0.4, 0.5) is 5.82 Å². The van der Waals surface area contributed by atoms with Crippen LogP contribution in [0.25, 0.3) is 0 Å². The number of aliphatic hydroxyl groups is 1. The van der Waals surface area contributed by atoms with E-state index in [9.17, 15) is 5.11 Å². The van der Waals surface area contributed by atoms with Gasteiger partial charge in [-0.05, 0) is 46.3 Å². The summed E-state index contributed by atoms with van der Waals surface area (Å²) in [6, 6.07) is 2.01. The summed E-state index contributed by atoms with van der Waals surface area (Å²) >= 11 is 3.38. The maximum absolute atomic E-state index is 9.89. The number of anilines is 1. The van der Waals surface area contributed by atoms with Gasteiger partial charge in [-0.1, -0.05) is 20.8 Å². The number of halogens is 1. The minimum Gasteiger partial charge on any atom is -0.391 e. The largest absolute Gasteiger partial charge is 0.391 e. The lowest BCUT2D eigenvalue weighted by molar-refractivity contribution is 0.132. The monoisotopic (exact) mass is 300 g/mol. The van der Waals surface area contributed by atoms with E-state index >= 15 is 0 Å². The van der Waals surface area contributed by atoms with Gasteiger partial charge in [-0.2, -0.15) is 0 Å². The van der Waals surface area contributed by atoms with Crippen LogP contribution in [0.1, 0.15) is 32.8 Å². The predicted molar refractivity (Wildman–Crippen MR) is 75.2 cm³/mol. The Kier molecular flexibility index (Phi) is 4.95. The average Bonchev–Trinajstić information content (AvgIpc) is 2.13. The van der Waals surface area contributed by atoms with Crippen LogP contribution in [0.5, 0.6) is 0 Å². The second kappa shape index (κ2) is 5.83. The molecule has 1 aromatic heterocycles. The highest BCUT2D eigenvalue weighted by Crippen LogP contribution is 2.21. The second-order valence-corrected chi connectivity index (χ2v) is 6.53. The van der Waals surface area contributed by atoms with Crippen molar-refractivity contribution in [3.8, 4) is 0 Å². The first-order valence-electron chi connectivity index (χ1n) is 5.82. The quantitative estimate of drug-likeness (QED) is 0.896. The molecule has 0 spiro atoms. The molecule has 2 N–H and O–H groups in total. The minimum absolute atomic E-state index is 0.142. The molecule has 0 saturated carbocycles. The van der Waals surface area contributed by atoms with Gasteiger partial charge in [-0.25, -0.2) is 4.98 Å². The Morgan fingerprint density at radius 2 is 2.12 bits per heavy atom. The fraction of sp³-hybridized carbons (Fsp3) is 0.615. The molecule has 0 bridgehead atoms. The lowest BCUT2D eigenvalue weighted by atomic mass is 9.89. The molecule has 1 rings (SSSR count). The molecule has 0 saturated heterocycles. The molecule has 1 aromatic rings. The van der Waals surface area contributed by atoms with Crippen molar-refractivity contribution in [3.05, 3.63) is 22.3 Å². The summed E-state index contributed by atoms with van der Waals surface area (Å²) in [6.45, 7) is 8.90. The Hall–Kier alpha value is -0.610. The van der Waals surface area contributed by atoms with Gasteiger partial charge in [0, 0.05) is 17.2 Å². The zero-order chi connectivity index (χ0) is 13.1. The summed E-state index contributed by atoms with van der Waals surface area (Å²) < 4.78 is 0.968. The molecule has 0 radical (unpaired) electrons. The van der Waals surface area contributed by atoms with Crippen LogP contribution < -0.4 is 5.32 Å². The van der Waals surface area contributed by atoms with Gasteiger partial charge in [0.05, 0.1) is 6.10 Å². The summed E-state index contributed by atoms with van der Waals surface area (Å²) in [7, 11) is 0. The standard InChI is InChI=1S/C13H21BrN2O/c1-9-5-10(14)7-15-12(9)16-8-11(17)6-13(2,3)4/h5,7,11,17H,6,8H2,1-4H3,(H,15,16). The molecule has 0 amide bonds. The lowest BCUT2D eigenvalue weighted by Gasteiger charge is -2.22. The summed E-state index contributed by atoms with van der Waals surface area (Å²) in [5.41, 5.74) is 1.21. The first-order valence-corrected chi connectivity index (χ1v) is 6.61. The van der Waals surface area contributed by atoms with Crippen LogP contribution in [0, 0.1) is 12.3 Å². The van der Waals surface area contributed by atoms with Crippen molar-refractivity contribution in [3.63, 3.8) is 0 Å². The fourth-order valence-electron chi connectivity index (χ4n) is 1.72. The number of nitrogens with zero attached hydrogens (tertiary/aromatic N) is 1. The third-order valence-corrected chi connectivity index (χ3v) is 2.83. The molecule has 1 heterocycles. The molecule has 0 aliphatic rings. The van der Waals surface area contributed by atoms with Gasteiger partial charge < -0.3 is 10.4 Å². The first-order chi connectivity index (χ1) is 7.78. The van der Waals surface area contributed by atoms with Crippen molar-refractivity contribution >= 4 is 21.7 Å². The van der Waals surface area contributed by atoms with E-state index in [0.29, 0.717) is 6.54 Å². The first kappa shape index (κ1) is 14.5. The Morgan fingerprint density at radius 1 is 1.47 bits per heavy atom. The van der Waals surface area contributed by atoms with E-state index in [1.807, 2.05) is 13.0 Å². The van der Waals surface area contributed by atoms with E-state index in [0.717, 1.165) is 22.3 Å². The maximum atomic E-state index is 9.89. The zero-order valence-corrected chi connectivity index (χ0v) is 12.5. The number of nitrogens with one attached hydrogen (secondary N) is 1. The third-order valence-electron chi connectivity index (χ3n) is 2.40. The summed E-state index contributed by atoms with van der Waals surface area (Å²) in [4.78, 5) is 4.28. The van der Waals surface area contributed by atoms with Crippen LogP contribution in [0.15, 0.2) is 16.7 Å². The molecule has 1 unspecified atom stereocenters. The molecular weight excluding hydrogens is 280 g/mol. The Balaban J connectivity index is 2.50. The van der Waals surface area contributed by atoms with Gasteiger partial charge in [0.15, 0.2) is 0 Å². The molecular formula is C13H21BrN2O. The summed E-state index contributed by atoms with van der Waals surface area (Å²) in [5, 5.41) is 13.1. The molecule has 0 aliphatic heterocycles. The average molecular weight is 301 g/mol. The van der Waals surface area contributed by atoms with E-state index in [2.05, 4.69) is 47.0 Å². The molecule has 4 heteroatoms. The van der Waals surface area contributed by atoms with Crippen LogP contribution >= 0.6 is 15.9 Å². The van der Waals surface area contributed by atoms with Crippen molar-refractivity contribution in [1.29, 1.82) is 0 Å². The molecule has 3 nitrogen and oxygen atoms in total. The van der Waals surface area contributed by atoms with Crippen molar-refractivity contribution < 1.29 is 5.11 Å². The van der Waals surface area contributed by atoms with Gasteiger partial charge in [0.2, 0.25) is 0 Å². The Bertz CT molecular complexity index is 374. The number of rotatable bonds is 4. The van der Waals surface area contributed by atoms with E-state index in [1.165, 1.54) is 0 Å². The third kappa shape index (κ3) is 5.50. The minimum atomic E-state index is -0.347. The zero-order valence-electron chi connectivity index (χ0n) is 10.9. The molecule has 0 aliphatic carbocycles. The highest BCUT2D eigenvalue weighted by molar-refractivity contribution is 9.10. The van der Waals surface area contributed by atoms with Crippen LogP contribution in [0.3, 0.4) is 0 Å². The number of aromatic nitrogens is 1. The van der Waals surface area contributed by atoms with Crippen molar-refractivity contribution in [2.45, 2.75) is 40.2 Å². The van der Waals surface area contributed by atoms with Gasteiger partial charge >= 0.3 is 0 Å². The predicted octanol–water partition coefficient (Wildman–Crippen LogP) is 3.36. The normalized spacial score (nSPS) is 13.5. The van der Waals surface area contributed by atoms with Crippen LogP contribution in [0.2, 0.25) is 0 Å². The number of pyridine rings is 1. The van der Waals surface area contributed by atoms with Crippen molar-refractivity contribution in [2.75, 3.05) is 11.9 Å². The Morgan fingerprint density at radius 3 is 2.65 bits per heavy atom. The highest BCUT2D eigenvalue weighted by atomic mass is 79.9. The SMILES string of the molecule is Cc1cc(Br)cnc1NCC(O)CC(C)(C)C. The number of hydrogen-bond donors (Lipinski definition) is 2. The Labute approximate surface area is 112 Å². The fourth-order valence-corrected chi connectivity index (χ4v) is 2.16. The van der Waals surface area contributed by atoms with Gasteiger partial charge in [0.25, 0.3) is 0 Å². The van der Waals surface area contributed by atoms with Crippen LogP contribution in [-0.2, 0) is 0 Å². The van der Waals surface area contributed by atoms with Crippen molar-refractivity contribution in [2.24, 2.45) is 5.41 Å². The van der Waals surface area contributed by atoms with Gasteiger partial charge in [-0.15, -0.1) is 0 Å². The van der Waals surface area contributed by atoms with E-state index in [1.54, 1.807) is 6.20 Å². The van der Waals surface area contributed by atoms with Crippen LogP contribution in [-0.4, -0.2) is 22.7 Å². The number of aryl methyl sites for hydroxylation is 1. The topological polar surface area (TPSA) is 45.2 Å². The number of hydrogen-bond acceptors (Lipinski definition) is 3. The van der Waals surface area contributed by atoms with E-state index < -0.39 is 0 Å². The molecule has 17 heavy (non-hydrogen) atoms. The number of aliphatic hydroxyl groups excluding tert-OH is 1. The van der Waals surface area contributed by atoms with Gasteiger partial charge in [-0.3, -0.25) is 0 Å². The van der Waals surface area contributed by atoms with Crippen molar-refractivity contribution in [1.82, 2.24) is 4.98 Å². The van der Waals surface area contributed by atoms with E-state index in [4.69, 9.17) is 0 Å². The molecule has 96 valence electrons. The molecule has 0 fully saturated rings. The summed E-state index contributed by atoms with van der Waals surface area (Å²) in [5.74, 6) is 0.834. The van der Waals surface area contributed by atoms with Gasteiger partial charge in [0.1, 0.15) is 5.82 Å². The highest BCUT2D eigenvalue weighted by Gasteiger charge is 2.16. The summed E-state index contributed by atoms with van der Waals surface area (Å²) in [6.07, 6.45) is 2.18. The molecule has 1 atom stereocenters. The second-order valence-electron chi connectivity index (χ2n) is 5.62. The smallest absolute Gasteiger partial charge is 0.129 e. The lowest BCUT2D eigenvalue weighted by Crippen LogP contribution is -2.25.